The second kappa shape index (κ2) is 8.06. The molecule has 2 heterocycles. The number of hydrogen-bond donors (Lipinski definition) is 2. The highest BCUT2D eigenvalue weighted by Gasteiger charge is 2.37. The molecule has 0 bridgehead atoms. The van der Waals surface area contributed by atoms with Crippen LogP contribution in [0.1, 0.15) is 25.5 Å². The van der Waals surface area contributed by atoms with E-state index in [0.29, 0.717) is 17.6 Å². The number of amides is 1. The molecule has 2 atom stereocenters. The fourth-order valence-electron chi connectivity index (χ4n) is 3.15. The standard InChI is InChI=1S/C21H23N5OS/c1-14(2)13-22-20(27)18-17(15-9-5-3-6-10-15)25-26-19(23-24-21(26)28-18)16-11-7-4-8-12-16/h3-12,14,17-18,25H,13H2,1-2H3,(H,22,27)/t17-,18-/m1/s1. The summed E-state index contributed by atoms with van der Waals surface area (Å²) in [6, 6.07) is 19.8. The number of nitrogens with one attached hydrogen (secondary N) is 2. The van der Waals surface area contributed by atoms with Gasteiger partial charge in [-0.25, -0.2) is 4.68 Å². The quantitative estimate of drug-likeness (QED) is 0.694. The Labute approximate surface area is 168 Å². The van der Waals surface area contributed by atoms with E-state index in [1.54, 1.807) is 0 Å². The molecule has 0 aliphatic carbocycles. The Morgan fingerprint density at radius 3 is 2.46 bits per heavy atom. The Morgan fingerprint density at radius 1 is 1.11 bits per heavy atom. The van der Waals surface area contributed by atoms with Gasteiger partial charge < -0.3 is 10.7 Å². The molecule has 144 valence electrons. The molecule has 0 radical (unpaired) electrons. The van der Waals surface area contributed by atoms with Crippen LogP contribution in [-0.2, 0) is 4.79 Å². The fraction of sp³-hybridized carbons (Fsp3) is 0.286. The van der Waals surface area contributed by atoms with E-state index in [4.69, 9.17) is 0 Å². The summed E-state index contributed by atoms with van der Waals surface area (Å²) in [5.74, 6) is 1.15. The zero-order valence-electron chi connectivity index (χ0n) is 15.9. The van der Waals surface area contributed by atoms with E-state index < -0.39 is 0 Å². The van der Waals surface area contributed by atoms with Crippen molar-refractivity contribution >= 4 is 17.7 Å². The summed E-state index contributed by atoms with van der Waals surface area (Å²) in [5, 5.41) is 12.1. The molecule has 7 heteroatoms. The van der Waals surface area contributed by atoms with Crippen molar-refractivity contribution in [3.05, 3.63) is 66.2 Å². The van der Waals surface area contributed by atoms with Gasteiger partial charge in [0.05, 0.1) is 6.04 Å². The van der Waals surface area contributed by atoms with Crippen molar-refractivity contribution in [3.8, 4) is 11.4 Å². The van der Waals surface area contributed by atoms with Crippen LogP contribution in [0.3, 0.4) is 0 Å². The molecule has 0 fully saturated rings. The number of rotatable bonds is 5. The van der Waals surface area contributed by atoms with E-state index in [1.165, 1.54) is 11.8 Å². The van der Waals surface area contributed by atoms with Gasteiger partial charge in [-0.15, -0.1) is 10.2 Å². The predicted octanol–water partition coefficient (Wildman–Crippen LogP) is 3.48. The molecule has 1 aliphatic rings. The highest BCUT2D eigenvalue weighted by atomic mass is 32.2. The predicted molar refractivity (Wildman–Crippen MR) is 111 cm³/mol. The number of benzene rings is 2. The minimum Gasteiger partial charge on any atom is -0.355 e. The second-order valence-corrected chi connectivity index (χ2v) is 8.31. The number of carbonyl (C=O) groups is 1. The molecule has 4 rings (SSSR count). The van der Waals surface area contributed by atoms with Crippen LogP contribution in [0.4, 0.5) is 0 Å². The molecule has 3 aromatic rings. The van der Waals surface area contributed by atoms with Gasteiger partial charge in [0.15, 0.2) is 5.82 Å². The molecule has 1 aliphatic heterocycles. The zero-order chi connectivity index (χ0) is 19.5. The maximum atomic E-state index is 12.9. The third kappa shape index (κ3) is 3.75. The van der Waals surface area contributed by atoms with E-state index in [1.807, 2.05) is 65.3 Å². The summed E-state index contributed by atoms with van der Waals surface area (Å²) in [7, 11) is 0. The second-order valence-electron chi connectivity index (χ2n) is 7.20. The lowest BCUT2D eigenvalue weighted by Gasteiger charge is -2.33. The third-order valence-corrected chi connectivity index (χ3v) is 5.79. The summed E-state index contributed by atoms with van der Waals surface area (Å²) in [5.41, 5.74) is 5.52. The average Bonchev–Trinajstić information content (AvgIpc) is 3.15. The van der Waals surface area contributed by atoms with Crippen LogP contribution < -0.4 is 10.7 Å². The Hall–Kier alpha value is -2.80. The van der Waals surface area contributed by atoms with E-state index in [-0.39, 0.29) is 17.2 Å². The van der Waals surface area contributed by atoms with Gasteiger partial charge in [0.2, 0.25) is 11.1 Å². The van der Waals surface area contributed by atoms with Crippen molar-refractivity contribution in [3.63, 3.8) is 0 Å². The van der Waals surface area contributed by atoms with Crippen molar-refractivity contribution in [2.75, 3.05) is 12.0 Å². The summed E-state index contributed by atoms with van der Waals surface area (Å²) in [6.45, 7) is 4.83. The van der Waals surface area contributed by atoms with Crippen LogP contribution in [0.15, 0.2) is 65.8 Å². The van der Waals surface area contributed by atoms with Crippen molar-refractivity contribution in [1.29, 1.82) is 0 Å². The smallest absolute Gasteiger partial charge is 0.236 e. The first kappa shape index (κ1) is 18.6. The van der Waals surface area contributed by atoms with Gasteiger partial charge in [-0.1, -0.05) is 86.3 Å². The molecular formula is C21H23N5OS. The third-order valence-electron chi connectivity index (χ3n) is 4.57. The minimum atomic E-state index is -0.332. The summed E-state index contributed by atoms with van der Waals surface area (Å²) < 4.78 is 1.89. The summed E-state index contributed by atoms with van der Waals surface area (Å²) >= 11 is 1.45. The molecule has 0 saturated heterocycles. The number of fused-ring (bicyclic) bond motifs is 1. The van der Waals surface area contributed by atoms with Gasteiger partial charge in [-0.2, -0.15) is 0 Å². The molecule has 1 amide bonds. The summed E-state index contributed by atoms with van der Waals surface area (Å²) in [6.07, 6.45) is 0. The van der Waals surface area contributed by atoms with Crippen molar-refractivity contribution in [2.45, 2.75) is 30.3 Å². The first-order chi connectivity index (χ1) is 13.6. The van der Waals surface area contributed by atoms with Gasteiger partial charge in [-0.05, 0) is 11.5 Å². The highest BCUT2D eigenvalue weighted by Crippen LogP contribution is 2.38. The maximum Gasteiger partial charge on any atom is 0.236 e. The van der Waals surface area contributed by atoms with Crippen LogP contribution in [0, 0.1) is 5.92 Å². The molecule has 2 N–H and O–H groups in total. The Morgan fingerprint density at radius 2 is 1.79 bits per heavy atom. The minimum absolute atomic E-state index is 0.00978. The first-order valence-corrected chi connectivity index (χ1v) is 10.3. The number of thioether (sulfide) groups is 1. The Balaban J connectivity index is 1.69. The number of nitrogens with zero attached hydrogens (tertiary/aromatic N) is 3. The summed E-state index contributed by atoms with van der Waals surface area (Å²) in [4.78, 5) is 12.9. The van der Waals surface area contributed by atoms with E-state index in [2.05, 4.69) is 34.8 Å². The van der Waals surface area contributed by atoms with Crippen molar-refractivity contribution in [2.24, 2.45) is 5.92 Å². The van der Waals surface area contributed by atoms with Crippen LogP contribution in [-0.4, -0.2) is 32.6 Å². The molecule has 0 spiro atoms. The molecule has 2 aromatic carbocycles. The van der Waals surface area contributed by atoms with Crippen LogP contribution in [0.5, 0.6) is 0 Å². The Kier molecular flexibility index (Phi) is 5.34. The molecule has 0 saturated carbocycles. The monoisotopic (exact) mass is 393 g/mol. The number of aromatic nitrogens is 3. The molecule has 1 aromatic heterocycles. The normalized spacial score (nSPS) is 18.4. The van der Waals surface area contributed by atoms with E-state index in [9.17, 15) is 4.79 Å². The lowest BCUT2D eigenvalue weighted by molar-refractivity contribution is -0.121. The van der Waals surface area contributed by atoms with Crippen LogP contribution >= 0.6 is 11.8 Å². The van der Waals surface area contributed by atoms with Gasteiger partial charge in [0, 0.05) is 12.1 Å². The largest absolute Gasteiger partial charge is 0.355 e. The fourth-order valence-corrected chi connectivity index (χ4v) is 4.25. The molecule has 0 unspecified atom stereocenters. The van der Waals surface area contributed by atoms with Gasteiger partial charge >= 0.3 is 0 Å². The molecule has 28 heavy (non-hydrogen) atoms. The van der Waals surface area contributed by atoms with Crippen molar-refractivity contribution in [1.82, 2.24) is 20.2 Å². The molecule has 6 nitrogen and oxygen atoms in total. The maximum absolute atomic E-state index is 12.9. The zero-order valence-corrected chi connectivity index (χ0v) is 16.7. The SMILES string of the molecule is CC(C)CNC(=O)[C@@H]1Sc2nnc(-c3ccccc3)n2N[C@@H]1c1ccccc1. The molecular weight excluding hydrogens is 370 g/mol. The highest BCUT2D eigenvalue weighted by molar-refractivity contribution is 8.00. The van der Waals surface area contributed by atoms with E-state index >= 15 is 0 Å². The van der Waals surface area contributed by atoms with Gasteiger partial charge in [0.25, 0.3) is 0 Å². The van der Waals surface area contributed by atoms with Crippen LogP contribution in [0.25, 0.3) is 11.4 Å². The van der Waals surface area contributed by atoms with Gasteiger partial charge in [-0.3, -0.25) is 4.79 Å². The first-order valence-electron chi connectivity index (χ1n) is 9.40. The van der Waals surface area contributed by atoms with Crippen molar-refractivity contribution < 1.29 is 4.79 Å². The number of carbonyl (C=O) groups excluding carboxylic acids is 1. The topological polar surface area (TPSA) is 71.8 Å². The van der Waals surface area contributed by atoms with Crippen LogP contribution in [0.2, 0.25) is 0 Å². The average molecular weight is 394 g/mol. The lowest BCUT2D eigenvalue weighted by Crippen LogP contribution is -2.44. The Bertz CT molecular complexity index is 942. The number of hydrogen-bond acceptors (Lipinski definition) is 5. The van der Waals surface area contributed by atoms with Gasteiger partial charge in [0.1, 0.15) is 5.25 Å². The van der Waals surface area contributed by atoms with E-state index in [0.717, 1.165) is 17.0 Å². The lowest BCUT2D eigenvalue weighted by atomic mass is 10.0.